The fourth-order valence-corrected chi connectivity index (χ4v) is 2.45. The lowest BCUT2D eigenvalue weighted by molar-refractivity contribution is 0.346. The van der Waals surface area contributed by atoms with E-state index in [0.717, 1.165) is 18.3 Å². The predicted octanol–water partition coefficient (Wildman–Crippen LogP) is 5.28. The van der Waals surface area contributed by atoms with Gasteiger partial charge in [-0.15, -0.1) is 0 Å². The van der Waals surface area contributed by atoms with E-state index in [1.165, 1.54) is 19.3 Å². The van der Waals surface area contributed by atoms with Crippen molar-refractivity contribution in [2.45, 2.75) is 53.4 Å². The van der Waals surface area contributed by atoms with Gasteiger partial charge in [-0.2, -0.15) is 0 Å². The van der Waals surface area contributed by atoms with Gasteiger partial charge in [0, 0.05) is 0 Å². The van der Waals surface area contributed by atoms with Gasteiger partial charge in [-0.05, 0) is 48.7 Å². The molecule has 0 N–H and O–H groups in total. The minimum atomic E-state index is 0.838. The smallest absolute Gasteiger partial charge is 0.0163 e. The zero-order valence-electron chi connectivity index (χ0n) is 11.3. The Morgan fingerprint density at radius 3 is 2.31 bits per heavy atom. The van der Waals surface area contributed by atoms with E-state index in [1.807, 2.05) is 13.8 Å². The van der Waals surface area contributed by atoms with Gasteiger partial charge in [0.05, 0.1) is 0 Å². The summed E-state index contributed by atoms with van der Waals surface area (Å²) >= 11 is 0. The average molecular weight is 218 g/mol. The van der Waals surface area contributed by atoms with Crippen molar-refractivity contribution in [3.8, 4) is 0 Å². The van der Waals surface area contributed by atoms with Crippen LogP contribution in [0.5, 0.6) is 0 Å². The topological polar surface area (TPSA) is 0 Å². The van der Waals surface area contributed by atoms with Gasteiger partial charge in [0.1, 0.15) is 0 Å². The van der Waals surface area contributed by atoms with Crippen LogP contribution in [-0.4, -0.2) is 0 Å². The summed E-state index contributed by atoms with van der Waals surface area (Å²) in [6.07, 6.45) is 14.4. The van der Waals surface area contributed by atoms with Crippen molar-refractivity contribution < 1.29 is 0 Å². The van der Waals surface area contributed by atoms with Gasteiger partial charge in [-0.3, -0.25) is 0 Å². The van der Waals surface area contributed by atoms with E-state index in [2.05, 4.69) is 38.2 Å². The SMILES string of the molecule is CC.CC(C)C1CCC2=C(C=CCC=C2)C1. The highest BCUT2D eigenvalue weighted by Gasteiger charge is 2.21. The van der Waals surface area contributed by atoms with Crippen molar-refractivity contribution in [3.63, 3.8) is 0 Å². The second-order valence-corrected chi connectivity index (χ2v) is 4.84. The van der Waals surface area contributed by atoms with Gasteiger partial charge >= 0.3 is 0 Å². The number of allylic oxidation sites excluding steroid dienone is 6. The van der Waals surface area contributed by atoms with Crippen LogP contribution in [0.3, 0.4) is 0 Å². The molecule has 0 bridgehead atoms. The molecule has 2 aliphatic carbocycles. The monoisotopic (exact) mass is 218 g/mol. The quantitative estimate of drug-likeness (QED) is 0.561. The summed E-state index contributed by atoms with van der Waals surface area (Å²) in [6.45, 7) is 8.71. The zero-order chi connectivity index (χ0) is 12.0. The van der Waals surface area contributed by atoms with Gasteiger partial charge in [-0.25, -0.2) is 0 Å². The van der Waals surface area contributed by atoms with Crippen molar-refractivity contribution >= 4 is 0 Å². The maximum Gasteiger partial charge on any atom is -0.0163 e. The summed E-state index contributed by atoms with van der Waals surface area (Å²) in [5.74, 6) is 1.74. The number of rotatable bonds is 1. The largest absolute Gasteiger partial charge is 0.0805 e. The zero-order valence-corrected chi connectivity index (χ0v) is 11.3. The summed E-state index contributed by atoms with van der Waals surface area (Å²) in [6, 6.07) is 0. The van der Waals surface area contributed by atoms with Crippen molar-refractivity contribution in [1.82, 2.24) is 0 Å². The minimum absolute atomic E-state index is 0.838. The summed E-state index contributed by atoms with van der Waals surface area (Å²) < 4.78 is 0. The van der Waals surface area contributed by atoms with E-state index >= 15 is 0 Å². The molecule has 0 aromatic heterocycles. The fourth-order valence-electron chi connectivity index (χ4n) is 2.45. The third-order valence-corrected chi connectivity index (χ3v) is 3.53. The Labute approximate surface area is 101 Å². The normalized spacial score (nSPS) is 23.7. The molecule has 2 aliphatic rings. The van der Waals surface area contributed by atoms with Crippen LogP contribution in [0.1, 0.15) is 53.4 Å². The van der Waals surface area contributed by atoms with E-state index in [4.69, 9.17) is 0 Å². The molecule has 1 unspecified atom stereocenters. The van der Waals surface area contributed by atoms with E-state index in [-0.39, 0.29) is 0 Å². The molecule has 0 amide bonds. The molecule has 1 atom stereocenters. The lowest BCUT2D eigenvalue weighted by Gasteiger charge is -2.27. The Morgan fingerprint density at radius 1 is 1.06 bits per heavy atom. The third kappa shape index (κ3) is 3.37. The Hall–Kier alpha value is -0.780. The molecule has 0 saturated carbocycles. The average Bonchev–Trinajstić information content (AvgIpc) is 2.55. The molecule has 0 saturated heterocycles. The molecule has 0 aliphatic heterocycles. The van der Waals surface area contributed by atoms with Crippen LogP contribution >= 0.6 is 0 Å². The molecule has 0 aromatic rings. The van der Waals surface area contributed by atoms with E-state index in [1.54, 1.807) is 11.1 Å². The first-order valence-corrected chi connectivity index (χ1v) is 6.82. The van der Waals surface area contributed by atoms with Gasteiger partial charge in [-0.1, -0.05) is 52.0 Å². The summed E-state index contributed by atoms with van der Waals surface area (Å²) in [4.78, 5) is 0. The standard InChI is InChI=1S/C14H20.C2H6/c1-11(2)13-9-8-12-6-4-3-5-7-14(12)10-13;1-2/h4-7,11,13H,3,8-10H2,1-2H3;1-2H3. The first kappa shape index (κ1) is 13.3. The van der Waals surface area contributed by atoms with Gasteiger partial charge < -0.3 is 0 Å². The third-order valence-electron chi connectivity index (χ3n) is 3.53. The van der Waals surface area contributed by atoms with Crippen LogP contribution < -0.4 is 0 Å². The van der Waals surface area contributed by atoms with Crippen LogP contribution in [0.15, 0.2) is 35.5 Å². The van der Waals surface area contributed by atoms with Crippen molar-refractivity contribution in [1.29, 1.82) is 0 Å². The molecule has 0 spiro atoms. The van der Waals surface area contributed by atoms with Crippen LogP contribution in [0.2, 0.25) is 0 Å². The Bertz CT molecular complexity index is 289. The molecule has 0 nitrogen and oxygen atoms in total. The molecule has 16 heavy (non-hydrogen) atoms. The second-order valence-electron chi connectivity index (χ2n) is 4.84. The molecular formula is C16H26. The predicted molar refractivity (Wildman–Crippen MR) is 73.5 cm³/mol. The molecule has 90 valence electrons. The number of hydrogen-bond donors (Lipinski definition) is 0. The highest BCUT2D eigenvalue weighted by Crippen LogP contribution is 2.35. The lowest BCUT2D eigenvalue weighted by Crippen LogP contribution is -2.14. The van der Waals surface area contributed by atoms with Crippen molar-refractivity contribution in [2.24, 2.45) is 11.8 Å². The molecule has 0 heteroatoms. The molecule has 0 aromatic carbocycles. The first-order valence-electron chi connectivity index (χ1n) is 6.82. The Morgan fingerprint density at radius 2 is 1.69 bits per heavy atom. The van der Waals surface area contributed by atoms with Crippen LogP contribution in [-0.2, 0) is 0 Å². The summed E-state index contributed by atoms with van der Waals surface area (Å²) in [5.41, 5.74) is 3.19. The number of hydrogen-bond acceptors (Lipinski definition) is 0. The van der Waals surface area contributed by atoms with Gasteiger partial charge in [0.15, 0.2) is 0 Å². The highest BCUT2D eigenvalue weighted by molar-refractivity contribution is 5.37. The molecule has 0 radical (unpaired) electrons. The van der Waals surface area contributed by atoms with Crippen molar-refractivity contribution in [3.05, 3.63) is 35.5 Å². The minimum Gasteiger partial charge on any atom is -0.0805 e. The summed E-state index contributed by atoms with van der Waals surface area (Å²) in [5, 5.41) is 0. The van der Waals surface area contributed by atoms with Gasteiger partial charge in [0.25, 0.3) is 0 Å². The fraction of sp³-hybridized carbons (Fsp3) is 0.625. The van der Waals surface area contributed by atoms with E-state index in [0.29, 0.717) is 0 Å². The Balaban J connectivity index is 0.000000606. The van der Waals surface area contributed by atoms with Crippen LogP contribution in [0, 0.1) is 11.8 Å². The molecule has 0 fully saturated rings. The van der Waals surface area contributed by atoms with E-state index < -0.39 is 0 Å². The summed E-state index contributed by atoms with van der Waals surface area (Å²) in [7, 11) is 0. The van der Waals surface area contributed by atoms with Crippen LogP contribution in [0.25, 0.3) is 0 Å². The second kappa shape index (κ2) is 6.73. The maximum absolute atomic E-state index is 2.35. The van der Waals surface area contributed by atoms with E-state index in [9.17, 15) is 0 Å². The van der Waals surface area contributed by atoms with Crippen molar-refractivity contribution in [2.75, 3.05) is 0 Å². The molecular weight excluding hydrogens is 192 g/mol. The molecule has 0 heterocycles. The lowest BCUT2D eigenvalue weighted by atomic mass is 9.78. The van der Waals surface area contributed by atoms with Crippen LogP contribution in [0.4, 0.5) is 0 Å². The Kier molecular flexibility index (Phi) is 5.59. The van der Waals surface area contributed by atoms with Gasteiger partial charge in [0.2, 0.25) is 0 Å². The maximum atomic E-state index is 2.35. The molecule has 2 rings (SSSR count). The first-order chi connectivity index (χ1) is 7.77. The highest BCUT2D eigenvalue weighted by atomic mass is 14.3.